The van der Waals surface area contributed by atoms with Gasteiger partial charge in [0.25, 0.3) is 0 Å². The largest absolute Gasteiger partial charge is 0.383 e. The van der Waals surface area contributed by atoms with Gasteiger partial charge in [0.2, 0.25) is 10.0 Å². The maximum absolute atomic E-state index is 12.9. The Balaban J connectivity index is 1.90. The molecular weight excluding hydrogens is 326 g/mol. The Bertz CT molecular complexity index is 830. The van der Waals surface area contributed by atoms with Crippen molar-refractivity contribution in [1.82, 2.24) is 15.0 Å². The first-order valence-electron chi connectivity index (χ1n) is 8.05. The van der Waals surface area contributed by atoms with Gasteiger partial charge in [-0.05, 0) is 50.1 Å². The summed E-state index contributed by atoms with van der Waals surface area (Å²) in [6, 6.07) is 6.99. The molecule has 1 aliphatic heterocycles. The first kappa shape index (κ1) is 17.3. The Kier molecular flexibility index (Phi) is 4.87. The molecule has 1 atom stereocenters. The fourth-order valence-corrected chi connectivity index (χ4v) is 4.63. The molecule has 3 rings (SSSR count). The number of sulfonamides is 1. The summed E-state index contributed by atoms with van der Waals surface area (Å²) in [4.78, 5) is 4.58. The zero-order valence-electron chi connectivity index (χ0n) is 14.0. The van der Waals surface area contributed by atoms with Gasteiger partial charge in [-0.1, -0.05) is 6.07 Å². The number of benzene rings is 1. The number of nitrogens with zero attached hydrogens (tertiary/aromatic N) is 1. The van der Waals surface area contributed by atoms with Gasteiger partial charge in [-0.15, -0.1) is 0 Å². The number of aromatic nitrogens is 1. The normalized spacial score (nSPS) is 21.4. The third kappa shape index (κ3) is 3.30. The van der Waals surface area contributed by atoms with Crippen molar-refractivity contribution in [3.05, 3.63) is 36.0 Å². The van der Waals surface area contributed by atoms with Crippen LogP contribution in [0.5, 0.6) is 0 Å². The van der Waals surface area contributed by atoms with E-state index in [0.717, 1.165) is 24.9 Å². The smallest absolute Gasteiger partial charge is 0.241 e. The lowest BCUT2D eigenvalue weighted by Gasteiger charge is -2.29. The van der Waals surface area contributed by atoms with Crippen molar-refractivity contribution >= 4 is 20.9 Å². The average molecular weight is 349 g/mol. The molecule has 2 aromatic rings. The minimum Gasteiger partial charge on any atom is -0.383 e. The summed E-state index contributed by atoms with van der Waals surface area (Å²) in [5.41, 5.74) is 1.34. The zero-order valence-corrected chi connectivity index (χ0v) is 14.8. The van der Waals surface area contributed by atoms with E-state index in [9.17, 15) is 8.42 Å². The van der Waals surface area contributed by atoms with Crippen LogP contribution in [0.3, 0.4) is 0 Å². The van der Waals surface area contributed by atoms with Crippen LogP contribution in [0.25, 0.3) is 10.9 Å². The topological polar surface area (TPSA) is 80.3 Å². The summed E-state index contributed by atoms with van der Waals surface area (Å²) in [6.07, 6.45) is 3.58. The van der Waals surface area contributed by atoms with Crippen LogP contribution in [0.15, 0.2) is 35.4 Å². The minimum atomic E-state index is -3.63. The van der Waals surface area contributed by atoms with Gasteiger partial charge in [-0.2, -0.15) is 0 Å². The second-order valence-corrected chi connectivity index (χ2v) is 8.08. The number of hydrogen-bond acceptors (Lipinski definition) is 5. The van der Waals surface area contributed by atoms with Crippen LogP contribution in [0.2, 0.25) is 0 Å². The molecule has 2 heterocycles. The first-order chi connectivity index (χ1) is 11.5. The van der Waals surface area contributed by atoms with Crippen LogP contribution in [-0.4, -0.2) is 45.7 Å². The summed E-state index contributed by atoms with van der Waals surface area (Å²) in [6.45, 7) is 3.59. The SMILES string of the molecule is COCC1(CNS(=O)(=O)c2ccc(C)c3ncccc23)CCCN1. The number of fused-ring (bicyclic) bond motifs is 1. The Labute approximate surface area is 142 Å². The van der Waals surface area contributed by atoms with Gasteiger partial charge in [0.05, 0.1) is 22.6 Å². The number of rotatable bonds is 6. The van der Waals surface area contributed by atoms with Crippen LogP contribution < -0.4 is 10.0 Å². The van der Waals surface area contributed by atoms with E-state index in [4.69, 9.17) is 4.74 Å². The number of ether oxygens (including phenoxy) is 1. The summed E-state index contributed by atoms with van der Waals surface area (Å²) in [5.74, 6) is 0. The second-order valence-electron chi connectivity index (χ2n) is 6.35. The van der Waals surface area contributed by atoms with Gasteiger partial charge in [-0.25, -0.2) is 13.1 Å². The van der Waals surface area contributed by atoms with Gasteiger partial charge in [0.1, 0.15) is 0 Å². The summed E-state index contributed by atoms with van der Waals surface area (Å²) < 4.78 is 33.7. The van der Waals surface area contributed by atoms with E-state index in [1.165, 1.54) is 0 Å². The molecule has 1 aromatic heterocycles. The molecule has 24 heavy (non-hydrogen) atoms. The van der Waals surface area contributed by atoms with Crippen LogP contribution >= 0.6 is 0 Å². The van der Waals surface area contributed by atoms with Gasteiger partial charge >= 0.3 is 0 Å². The highest BCUT2D eigenvalue weighted by atomic mass is 32.2. The molecule has 130 valence electrons. The molecule has 1 saturated heterocycles. The first-order valence-corrected chi connectivity index (χ1v) is 9.54. The van der Waals surface area contributed by atoms with Crippen molar-refractivity contribution in [3.8, 4) is 0 Å². The van der Waals surface area contributed by atoms with Gasteiger partial charge < -0.3 is 10.1 Å². The molecular formula is C17H23N3O3S. The number of hydrogen-bond donors (Lipinski definition) is 2. The molecule has 0 spiro atoms. The van der Waals surface area contributed by atoms with E-state index < -0.39 is 10.0 Å². The summed E-state index contributed by atoms with van der Waals surface area (Å²) in [5, 5.41) is 4.02. The monoisotopic (exact) mass is 349 g/mol. The molecule has 2 N–H and O–H groups in total. The van der Waals surface area contributed by atoms with Crippen molar-refractivity contribution in [2.45, 2.75) is 30.2 Å². The molecule has 1 aliphatic rings. The minimum absolute atomic E-state index is 0.266. The fourth-order valence-electron chi connectivity index (χ4n) is 3.30. The third-order valence-corrected chi connectivity index (χ3v) is 6.03. The molecule has 0 amide bonds. The van der Waals surface area contributed by atoms with E-state index in [1.54, 1.807) is 37.6 Å². The van der Waals surface area contributed by atoms with Gasteiger partial charge in [0, 0.05) is 25.2 Å². The number of nitrogens with one attached hydrogen (secondary N) is 2. The molecule has 1 unspecified atom stereocenters. The highest BCUT2D eigenvalue weighted by molar-refractivity contribution is 7.89. The predicted molar refractivity (Wildman–Crippen MR) is 93.5 cm³/mol. The van der Waals surface area contributed by atoms with E-state index in [-0.39, 0.29) is 10.4 Å². The van der Waals surface area contributed by atoms with Crippen molar-refractivity contribution < 1.29 is 13.2 Å². The Morgan fingerprint density at radius 3 is 2.92 bits per heavy atom. The zero-order chi connectivity index (χ0) is 17.2. The highest BCUT2D eigenvalue weighted by Gasteiger charge is 2.35. The Hall–Kier alpha value is -1.54. The van der Waals surface area contributed by atoms with Crippen LogP contribution in [0.4, 0.5) is 0 Å². The molecule has 0 saturated carbocycles. The van der Waals surface area contributed by atoms with Gasteiger partial charge in [-0.3, -0.25) is 4.98 Å². The second kappa shape index (κ2) is 6.76. The lowest BCUT2D eigenvalue weighted by Crippen LogP contribution is -2.52. The quantitative estimate of drug-likeness (QED) is 0.828. The van der Waals surface area contributed by atoms with Gasteiger partial charge in [0.15, 0.2) is 0 Å². The number of aryl methyl sites for hydroxylation is 1. The highest BCUT2D eigenvalue weighted by Crippen LogP contribution is 2.25. The maximum Gasteiger partial charge on any atom is 0.241 e. The van der Waals surface area contributed by atoms with Crippen molar-refractivity contribution in [3.63, 3.8) is 0 Å². The van der Waals surface area contributed by atoms with Crippen molar-refractivity contribution in [2.75, 3.05) is 26.8 Å². The van der Waals surface area contributed by atoms with Crippen molar-refractivity contribution in [2.24, 2.45) is 0 Å². The number of methoxy groups -OCH3 is 1. The molecule has 7 heteroatoms. The summed E-state index contributed by atoms with van der Waals surface area (Å²) >= 11 is 0. The van der Waals surface area contributed by atoms with E-state index >= 15 is 0 Å². The summed E-state index contributed by atoms with van der Waals surface area (Å²) in [7, 11) is -2.00. The molecule has 1 fully saturated rings. The van der Waals surface area contributed by atoms with Crippen LogP contribution in [0, 0.1) is 6.92 Å². The fraction of sp³-hybridized carbons (Fsp3) is 0.471. The molecule has 1 aromatic carbocycles. The lowest BCUT2D eigenvalue weighted by atomic mass is 9.99. The molecule has 6 nitrogen and oxygen atoms in total. The van der Waals surface area contributed by atoms with Crippen molar-refractivity contribution in [1.29, 1.82) is 0 Å². The van der Waals surface area contributed by atoms with Crippen LogP contribution in [0.1, 0.15) is 18.4 Å². The van der Waals surface area contributed by atoms with Crippen LogP contribution in [-0.2, 0) is 14.8 Å². The number of pyridine rings is 1. The van der Waals surface area contributed by atoms with E-state index in [1.807, 2.05) is 6.92 Å². The third-order valence-electron chi connectivity index (χ3n) is 4.57. The molecule has 0 bridgehead atoms. The standard InChI is InChI=1S/C17H23N3O3S/c1-13-6-7-15(14-5-3-9-18-16(13)14)24(21,22)20-11-17(12-23-2)8-4-10-19-17/h3,5-7,9,19-20H,4,8,10-12H2,1-2H3. The lowest BCUT2D eigenvalue weighted by molar-refractivity contribution is 0.122. The predicted octanol–water partition coefficient (Wildman–Crippen LogP) is 1.59. The molecule has 0 radical (unpaired) electrons. The Morgan fingerprint density at radius 1 is 1.38 bits per heavy atom. The average Bonchev–Trinajstić information content (AvgIpc) is 3.03. The van der Waals surface area contributed by atoms with E-state index in [0.29, 0.717) is 24.1 Å². The Morgan fingerprint density at radius 2 is 2.21 bits per heavy atom. The molecule has 0 aliphatic carbocycles. The maximum atomic E-state index is 12.9. The van der Waals surface area contributed by atoms with E-state index in [2.05, 4.69) is 15.0 Å².